The number of urea groups is 1. The van der Waals surface area contributed by atoms with E-state index in [4.69, 9.17) is 11.6 Å². The summed E-state index contributed by atoms with van der Waals surface area (Å²) in [6.07, 6.45) is 1.27. The predicted molar refractivity (Wildman–Crippen MR) is 92.1 cm³/mol. The summed E-state index contributed by atoms with van der Waals surface area (Å²) in [6, 6.07) is 4.63. The number of carbonyl (C=O) groups is 3. The van der Waals surface area contributed by atoms with Crippen LogP contribution in [0.25, 0.3) is 10.9 Å². The van der Waals surface area contributed by atoms with Crippen molar-refractivity contribution in [2.75, 3.05) is 6.54 Å². The van der Waals surface area contributed by atoms with Crippen molar-refractivity contribution < 1.29 is 14.4 Å². The van der Waals surface area contributed by atoms with Gasteiger partial charge in [-0.15, -0.1) is 0 Å². The van der Waals surface area contributed by atoms with Crippen LogP contribution in [0.4, 0.5) is 4.79 Å². The van der Waals surface area contributed by atoms with Crippen molar-refractivity contribution in [3.63, 3.8) is 0 Å². The minimum atomic E-state index is -0.622. The summed E-state index contributed by atoms with van der Waals surface area (Å²) in [5.41, 5.74) is 3.13. The third-order valence-electron chi connectivity index (χ3n) is 4.82. The Morgan fingerprint density at radius 3 is 2.92 bits per heavy atom. The number of para-hydroxylation sites is 1. The van der Waals surface area contributed by atoms with Crippen LogP contribution in [-0.4, -0.2) is 40.3 Å². The van der Waals surface area contributed by atoms with Crippen LogP contribution < -0.4 is 10.6 Å². The first-order valence-electron chi connectivity index (χ1n) is 8.20. The molecule has 0 radical (unpaired) electrons. The van der Waals surface area contributed by atoms with Gasteiger partial charge in [-0.2, -0.15) is 0 Å². The van der Waals surface area contributed by atoms with Crippen LogP contribution in [-0.2, 0) is 22.6 Å². The Labute approximate surface area is 148 Å². The Morgan fingerprint density at radius 2 is 2.16 bits per heavy atom. The third kappa shape index (κ3) is 2.84. The van der Waals surface area contributed by atoms with E-state index in [2.05, 4.69) is 15.6 Å². The highest BCUT2D eigenvalue weighted by atomic mass is 35.5. The molecule has 4 amide bonds. The Bertz CT molecular complexity index is 891. The van der Waals surface area contributed by atoms with E-state index in [-0.39, 0.29) is 18.2 Å². The number of nitrogens with one attached hydrogen (secondary N) is 3. The molecule has 3 heterocycles. The van der Waals surface area contributed by atoms with Gasteiger partial charge in [0.1, 0.15) is 6.04 Å². The van der Waals surface area contributed by atoms with Crippen LogP contribution in [0.1, 0.15) is 24.1 Å². The fourth-order valence-electron chi connectivity index (χ4n) is 3.50. The van der Waals surface area contributed by atoms with Gasteiger partial charge in [0, 0.05) is 42.6 Å². The lowest BCUT2D eigenvalue weighted by atomic mass is 10.0. The topological polar surface area (TPSA) is 94.3 Å². The van der Waals surface area contributed by atoms with E-state index < -0.39 is 12.1 Å². The molecule has 0 unspecified atom stereocenters. The number of hydrogen-bond donors (Lipinski definition) is 3. The molecule has 1 atom stereocenters. The van der Waals surface area contributed by atoms with Crippen LogP contribution in [0.2, 0.25) is 5.02 Å². The van der Waals surface area contributed by atoms with E-state index in [1.54, 1.807) is 4.90 Å². The summed E-state index contributed by atoms with van der Waals surface area (Å²) >= 11 is 6.24. The van der Waals surface area contributed by atoms with Gasteiger partial charge >= 0.3 is 6.03 Å². The molecule has 0 aliphatic carbocycles. The lowest BCUT2D eigenvalue weighted by molar-refractivity contribution is -0.132. The third-order valence-corrected chi connectivity index (χ3v) is 5.13. The molecule has 25 heavy (non-hydrogen) atoms. The van der Waals surface area contributed by atoms with Crippen molar-refractivity contribution in [3.8, 4) is 0 Å². The number of H-pyrrole nitrogens is 1. The molecule has 2 aromatic rings. The Balaban J connectivity index is 1.46. The highest BCUT2D eigenvalue weighted by Gasteiger charge is 2.31. The van der Waals surface area contributed by atoms with Gasteiger partial charge in [-0.1, -0.05) is 23.7 Å². The molecule has 2 aliphatic rings. The molecular weight excluding hydrogens is 344 g/mol. The second-order valence-corrected chi connectivity index (χ2v) is 6.77. The zero-order chi connectivity index (χ0) is 17.6. The first-order chi connectivity index (χ1) is 12.0. The zero-order valence-corrected chi connectivity index (χ0v) is 14.2. The van der Waals surface area contributed by atoms with E-state index >= 15 is 0 Å². The average molecular weight is 361 g/mol. The van der Waals surface area contributed by atoms with Crippen molar-refractivity contribution >= 4 is 40.3 Å². The lowest BCUT2D eigenvalue weighted by Gasteiger charge is -2.27. The van der Waals surface area contributed by atoms with Gasteiger partial charge in [0.2, 0.25) is 5.91 Å². The number of fused-ring (bicyclic) bond motifs is 3. The number of amides is 4. The maximum absolute atomic E-state index is 12.5. The van der Waals surface area contributed by atoms with Crippen molar-refractivity contribution in [1.29, 1.82) is 0 Å². The Kier molecular flexibility index (Phi) is 3.88. The average Bonchev–Trinajstić information content (AvgIpc) is 3.12. The van der Waals surface area contributed by atoms with Gasteiger partial charge < -0.3 is 15.2 Å². The fourth-order valence-corrected chi connectivity index (χ4v) is 3.72. The number of rotatable bonds is 3. The predicted octanol–water partition coefficient (Wildman–Crippen LogP) is 1.69. The van der Waals surface area contributed by atoms with Crippen LogP contribution in [0.5, 0.6) is 0 Å². The minimum Gasteiger partial charge on any atom is -0.357 e. The minimum absolute atomic E-state index is 0.0176. The van der Waals surface area contributed by atoms with Crippen LogP contribution >= 0.6 is 11.6 Å². The van der Waals surface area contributed by atoms with Crippen LogP contribution in [0.3, 0.4) is 0 Å². The Morgan fingerprint density at radius 1 is 1.32 bits per heavy atom. The van der Waals surface area contributed by atoms with Gasteiger partial charge in [-0.05, 0) is 12.5 Å². The first-order valence-corrected chi connectivity index (χ1v) is 8.58. The van der Waals surface area contributed by atoms with Gasteiger partial charge in [0.05, 0.1) is 10.5 Å². The number of imide groups is 1. The standard InChI is InChI=1S/C17H17ClN4O3/c18-11-3-1-2-9-10-8-22(7-6-12(10)19-15(9)11)14(23)5-4-13-16(24)21-17(25)20-13/h1-3,13,19H,4-8H2,(H2,20,21,24,25)/t13-/m0/s1. The second kappa shape index (κ2) is 6.07. The highest BCUT2D eigenvalue weighted by molar-refractivity contribution is 6.35. The smallest absolute Gasteiger partial charge is 0.322 e. The van der Waals surface area contributed by atoms with Crippen molar-refractivity contribution in [3.05, 3.63) is 34.5 Å². The Hall–Kier alpha value is -2.54. The fraction of sp³-hybridized carbons (Fsp3) is 0.353. The van der Waals surface area contributed by atoms with Crippen molar-refractivity contribution in [2.24, 2.45) is 0 Å². The van der Waals surface area contributed by atoms with Gasteiger partial charge in [0.15, 0.2) is 0 Å². The summed E-state index contributed by atoms with van der Waals surface area (Å²) in [5, 5.41) is 6.41. The monoisotopic (exact) mass is 360 g/mol. The summed E-state index contributed by atoms with van der Waals surface area (Å²) in [5.74, 6) is -0.388. The number of carbonyl (C=O) groups excluding carboxylic acids is 3. The number of halogens is 1. The molecule has 4 rings (SSSR count). The molecule has 130 valence electrons. The molecular formula is C17H17ClN4O3. The summed E-state index contributed by atoms with van der Waals surface area (Å²) in [4.78, 5) is 40.3. The van der Waals surface area contributed by atoms with Crippen molar-refractivity contribution in [2.45, 2.75) is 31.8 Å². The van der Waals surface area contributed by atoms with Crippen LogP contribution in [0, 0.1) is 0 Å². The van der Waals surface area contributed by atoms with E-state index in [9.17, 15) is 14.4 Å². The number of aromatic amines is 1. The molecule has 0 bridgehead atoms. The van der Waals surface area contributed by atoms with E-state index in [1.165, 1.54) is 0 Å². The highest BCUT2D eigenvalue weighted by Crippen LogP contribution is 2.31. The summed E-state index contributed by atoms with van der Waals surface area (Å²) < 4.78 is 0. The maximum Gasteiger partial charge on any atom is 0.322 e. The van der Waals surface area contributed by atoms with E-state index in [0.29, 0.717) is 24.5 Å². The van der Waals surface area contributed by atoms with Crippen LogP contribution in [0.15, 0.2) is 18.2 Å². The molecule has 0 spiro atoms. The number of aromatic nitrogens is 1. The largest absolute Gasteiger partial charge is 0.357 e. The van der Waals surface area contributed by atoms with E-state index in [1.807, 2.05) is 18.2 Å². The van der Waals surface area contributed by atoms with Crippen molar-refractivity contribution in [1.82, 2.24) is 20.5 Å². The molecule has 1 fully saturated rings. The molecule has 1 saturated heterocycles. The first kappa shape index (κ1) is 16.0. The van der Waals surface area contributed by atoms with Gasteiger partial charge in [-0.3, -0.25) is 14.9 Å². The number of benzene rings is 1. The molecule has 1 aromatic heterocycles. The van der Waals surface area contributed by atoms with E-state index in [0.717, 1.165) is 28.6 Å². The normalized spacial score (nSPS) is 19.7. The molecule has 1 aromatic carbocycles. The molecule has 8 heteroatoms. The summed E-state index contributed by atoms with van der Waals surface area (Å²) in [7, 11) is 0. The summed E-state index contributed by atoms with van der Waals surface area (Å²) in [6.45, 7) is 1.15. The van der Waals surface area contributed by atoms with Gasteiger partial charge in [-0.25, -0.2) is 4.79 Å². The quantitative estimate of drug-likeness (QED) is 0.727. The lowest BCUT2D eigenvalue weighted by Crippen LogP contribution is -2.37. The zero-order valence-electron chi connectivity index (χ0n) is 13.4. The molecule has 0 saturated carbocycles. The second-order valence-electron chi connectivity index (χ2n) is 6.36. The molecule has 7 nitrogen and oxygen atoms in total. The number of hydrogen-bond acceptors (Lipinski definition) is 3. The molecule has 2 aliphatic heterocycles. The van der Waals surface area contributed by atoms with Gasteiger partial charge in [0.25, 0.3) is 5.91 Å². The maximum atomic E-state index is 12.5. The number of nitrogens with zero attached hydrogens (tertiary/aromatic N) is 1. The SMILES string of the molecule is O=C1NC(=O)[C@H](CCC(=O)N2CCc3[nH]c4c(Cl)cccc4c3C2)N1. The molecule has 3 N–H and O–H groups in total.